The molecular weight excluding hydrogens is 1220 g/mol. The first-order valence-electron chi connectivity index (χ1n) is 37.7. The molecule has 0 saturated heterocycles. The number of unbranched alkanes of at least 4 members (excludes halogenated alkanes) is 34. The second-order valence-electron chi connectivity index (χ2n) is 27.2. The zero-order valence-corrected chi connectivity index (χ0v) is 62.0. The highest BCUT2D eigenvalue weighted by Crippen LogP contribution is 2.45. The van der Waals surface area contributed by atoms with Crippen LogP contribution in [0.1, 0.15) is 350 Å². The summed E-state index contributed by atoms with van der Waals surface area (Å²) in [7, 11) is -9.92. The van der Waals surface area contributed by atoms with Crippen LogP contribution in [0, 0.1) is 17.8 Å². The standard InChI is InChI=1S/C74H140O17P2/c1-8-10-11-12-13-14-15-16-19-24-27-30-33-43-50-57-73(78)90-69(61-84-71(76)55-48-41-32-29-26-23-21-18-17-20-22-25-28-31-38-45-52-65(3)4)63-88-92(80,81)86-59-68(75)60-87-93(82,83)89-64-70(62-85-72(77)56-49-42-36-34-39-46-53-66(5)6)91-74(79)58-51-44-37-35-40-47-54-67(7)9-2/h14-16,19,65-70,75H,8-13,17-18,20-64H2,1-7H3,(H,80,81)(H,82,83)/b15-14-,19-16-/t67?,68-,69-,70-/m1/s1. The molecule has 0 bridgehead atoms. The Morgan fingerprint density at radius 3 is 0.957 bits per heavy atom. The van der Waals surface area contributed by atoms with Crippen LogP contribution >= 0.6 is 15.6 Å². The van der Waals surface area contributed by atoms with Crippen molar-refractivity contribution in [1.29, 1.82) is 0 Å². The maximum atomic E-state index is 13.1. The van der Waals surface area contributed by atoms with Gasteiger partial charge in [0.05, 0.1) is 26.4 Å². The van der Waals surface area contributed by atoms with Crippen molar-refractivity contribution in [2.24, 2.45) is 17.8 Å². The third-order valence-corrected chi connectivity index (χ3v) is 18.8. The second-order valence-corrected chi connectivity index (χ2v) is 30.1. The Balaban J connectivity index is 5.24. The molecule has 93 heavy (non-hydrogen) atoms. The van der Waals surface area contributed by atoms with Crippen LogP contribution < -0.4 is 0 Å². The van der Waals surface area contributed by atoms with Gasteiger partial charge in [-0.2, -0.15) is 0 Å². The number of allylic oxidation sites excluding steroid dienone is 4. The van der Waals surface area contributed by atoms with E-state index in [0.29, 0.717) is 31.6 Å². The van der Waals surface area contributed by atoms with E-state index in [2.05, 4.69) is 72.8 Å². The number of hydrogen-bond donors (Lipinski definition) is 3. The smallest absolute Gasteiger partial charge is 0.462 e. The molecule has 0 rings (SSSR count). The molecule has 19 heteroatoms. The highest BCUT2D eigenvalue weighted by Gasteiger charge is 2.30. The van der Waals surface area contributed by atoms with Crippen LogP contribution in [0.5, 0.6) is 0 Å². The molecule has 3 unspecified atom stereocenters. The maximum absolute atomic E-state index is 13.1. The Hall–Kier alpha value is -2.46. The van der Waals surface area contributed by atoms with Gasteiger partial charge in [-0.3, -0.25) is 37.3 Å². The van der Waals surface area contributed by atoms with E-state index in [1.165, 1.54) is 141 Å². The topological polar surface area (TPSA) is 237 Å². The Morgan fingerprint density at radius 2 is 0.634 bits per heavy atom. The number of carbonyl (C=O) groups excluding carboxylic acids is 4. The van der Waals surface area contributed by atoms with Crippen molar-refractivity contribution < 1.29 is 80.2 Å². The highest BCUT2D eigenvalue weighted by atomic mass is 31.2. The Kier molecular flexibility index (Phi) is 62.5. The molecule has 17 nitrogen and oxygen atoms in total. The number of phosphoric ester groups is 2. The number of aliphatic hydroxyl groups is 1. The van der Waals surface area contributed by atoms with Gasteiger partial charge < -0.3 is 33.8 Å². The van der Waals surface area contributed by atoms with Crippen molar-refractivity contribution in [3.63, 3.8) is 0 Å². The zero-order valence-electron chi connectivity index (χ0n) is 60.2. The summed E-state index contributed by atoms with van der Waals surface area (Å²) in [5, 5.41) is 10.6. The van der Waals surface area contributed by atoms with Gasteiger partial charge in [0.2, 0.25) is 0 Å². The van der Waals surface area contributed by atoms with Crippen LogP contribution in [0.2, 0.25) is 0 Å². The van der Waals surface area contributed by atoms with E-state index in [-0.39, 0.29) is 25.7 Å². The molecule has 0 aliphatic carbocycles. The van der Waals surface area contributed by atoms with Gasteiger partial charge in [0.15, 0.2) is 12.2 Å². The van der Waals surface area contributed by atoms with Gasteiger partial charge in [0, 0.05) is 25.7 Å². The summed E-state index contributed by atoms with van der Waals surface area (Å²) < 4.78 is 68.3. The molecule has 0 amide bonds. The van der Waals surface area contributed by atoms with Crippen LogP contribution in [0.3, 0.4) is 0 Å². The minimum absolute atomic E-state index is 0.0848. The zero-order chi connectivity index (χ0) is 68.7. The minimum Gasteiger partial charge on any atom is -0.462 e. The number of carbonyl (C=O) groups is 4. The fourth-order valence-electron chi connectivity index (χ4n) is 10.7. The fourth-order valence-corrected chi connectivity index (χ4v) is 12.3. The van der Waals surface area contributed by atoms with Gasteiger partial charge in [0.1, 0.15) is 19.3 Å². The first kappa shape index (κ1) is 90.5. The molecule has 0 aromatic rings. The van der Waals surface area contributed by atoms with Crippen LogP contribution in [0.25, 0.3) is 0 Å². The lowest BCUT2D eigenvalue weighted by Crippen LogP contribution is -2.30. The maximum Gasteiger partial charge on any atom is 0.472 e. The first-order valence-corrected chi connectivity index (χ1v) is 40.7. The minimum atomic E-state index is -4.96. The summed E-state index contributed by atoms with van der Waals surface area (Å²) in [6.45, 7) is 11.7. The molecule has 6 atom stereocenters. The molecule has 0 spiro atoms. The average molecular weight is 1360 g/mol. The number of ether oxygens (including phenoxy) is 4. The number of rotatable bonds is 70. The van der Waals surface area contributed by atoms with Crippen LogP contribution in [0.4, 0.5) is 0 Å². The van der Waals surface area contributed by atoms with E-state index in [0.717, 1.165) is 121 Å². The lowest BCUT2D eigenvalue weighted by Gasteiger charge is -2.21. The summed E-state index contributed by atoms with van der Waals surface area (Å²) in [6, 6.07) is 0. The third-order valence-electron chi connectivity index (χ3n) is 16.9. The molecule has 0 radical (unpaired) electrons. The third kappa shape index (κ3) is 66.6. The molecule has 0 aliphatic rings. The van der Waals surface area contributed by atoms with Gasteiger partial charge in [-0.25, -0.2) is 9.13 Å². The normalized spacial score (nSPS) is 14.6. The monoisotopic (exact) mass is 1360 g/mol. The van der Waals surface area contributed by atoms with Gasteiger partial charge in [-0.05, 0) is 69.1 Å². The molecular formula is C74H140O17P2. The van der Waals surface area contributed by atoms with E-state index in [1.807, 2.05) is 0 Å². The number of aliphatic hydroxyl groups excluding tert-OH is 1. The molecule has 0 heterocycles. The van der Waals surface area contributed by atoms with Gasteiger partial charge >= 0.3 is 39.5 Å². The van der Waals surface area contributed by atoms with Crippen molar-refractivity contribution in [3.05, 3.63) is 24.3 Å². The van der Waals surface area contributed by atoms with E-state index >= 15 is 0 Å². The summed E-state index contributed by atoms with van der Waals surface area (Å²) in [4.78, 5) is 72.6. The second kappa shape index (κ2) is 64.2. The van der Waals surface area contributed by atoms with E-state index in [1.54, 1.807) is 0 Å². The Morgan fingerprint density at radius 1 is 0.355 bits per heavy atom. The fraction of sp³-hybridized carbons (Fsp3) is 0.892. The van der Waals surface area contributed by atoms with Crippen LogP contribution in [0.15, 0.2) is 24.3 Å². The molecule has 0 saturated carbocycles. The summed E-state index contributed by atoms with van der Waals surface area (Å²) in [6.07, 6.45) is 52.5. The Labute approximate surface area is 567 Å². The molecule has 3 N–H and O–H groups in total. The van der Waals surface area contributed by atoms with Crippen LogP contribution in [-0.2, 0) is 65.4 Å². The molecule has 548 valence electrons. The number of phosphoric acid groups is 2. The summed E-state index contributed by atoms with van der Waals surface area (Å²) >= 11 is 0. The van der Waals surface area contributed by atoms with E-state index in [9.17, 15) is 43.2 Å². The SMILES string of the molecule is CCCCCC/C=C\C=C/CCCCCCCC(=O)O[C@H](COC(=O)CCCCCCCCCCCCCCCCCCC(C)C)COP(=O)(O)OC[C@@H](O)COP(=O)(O)OC[C@@H](COC(=O)CCCCCCCCC(C)C)OC(=O)CCCCCCCCC(C)CC. The predicted octanol–water partition coefficient (Wildman–Crippen LogP) is 21.0. The molecule has 0 aliphatic heterocycles. The lowest BCUT2D eigenvalue weighted by molar-refractivity contribution is -0.161. The van der Waals surface area contributed by atoms with Gasteiger partial charge in [0.25, 0.3) is 0 Å². The molecule has 0 fully saturated rings. The predicted molar refractivity (Wildman–Crippen MR) is 377 cm³/mol. The largest absolute Gasteiger partial charge is 0.472 e. The first-order chi connectivity index (χ1) is 44.8. The lowest BCUT2D eigenvalue weighted by atomic mass is 10.00. The number of esters is 4. The van der Waals surface area contributed by atoms with Crippen molar-refractivity contribution in [2.45, 2.75) is 369 Å². The van der Waals surface area contributed by atoms with Crippen molar-refractivity contribution in [3.8, 4) is 0 Å². The van der Waals surface area contributed by atoms with Gasteiger partial charge in [-0.1, -0.05) is 297 Å². The molecule has 0 aromatic carbocycles. The van der Waals surface area contributed by atoms with Crippen LogP contribution in [-0.4, -0.2) is 96.7 Å². The van der Waals surface area contributed by atoms with Crippen molar-refractivity contribution in [1.82, 2.24) is 0 Å². The van der Waals surface area contributed by atoms with Crippen molar-refractivity contribution >= 4 is 39.5 Å². The quantitative estimate of drug-likeness (QED) is 0.0169. The van der Waals surface area contributed by atoms with Gasteiger partial charge in [-0.15, -0.1) is 0 Å². The highest BCUT2D eigenvalue weighted by molar-refractivity contribution is 7.47. The Bertz CT molecular complexity index is 1910. The van der Waals surface area contributed by atoms with E-state index in [4.69, 9.17) is 37.0 Å². The van der Waals surface area contributed by atoms with E-state index < -0.39 is 97.5 Å². The average Bonchev–Trinajstić information content (AvgIpc) is 1.91. The number of hydrogen-bond acceptors (Lipinski definition) is 15. The summed E-state index contributed by atoms with van der Waals surface area (Å²) in [5.41, 5.74) is 0. The molecule has 0 aromatic heterocycles. The summed E-state index contributed by atoms with van der Waals surface area (Å²) in [5.74, 6) is 0.0497. The van der Waals surface area contributed by atoms with Crippen molar-refractivity contribution in [2.75, 3.05) is 39.6 Å².